The Morgan fingerprint density at radius 2 is 1.79 bits per heavy atom. The summed E-state index contributed by atoms with van der Waals surface area (Å²) < 4.78 is 0. The number of benzene rings is 2. The van der Waals surface area contributed by atoms with Crippen molar-refractivity contribution >= 4 is 35.1 Å². The van der Waals surface area contributed by atoms with Gasteiger partial charge in [0, 0.05) is 23.4 Å². The molecule has 0 unspecified atom stereocenters. The molecular formula is C18H17ClN4S. The minimum atomic E-state index is 0.503. The SMILES string of the molecule is CNc1nc(NCc2ccccc2Sc2ccccc2)ncc1Cl. The van der Waals surface area contributed by atoms with Crippen molar-refractivity contribution in [1.29, 1.82) is 0 Å². The van der Waals surface area contributed by atoms with Crippen molar-refractivity contribution in [1.82, 2.24) is 9.97 Å². The third-order valence-corrected chi connectivity index (χ3v) is 4.76. The van der Waals surface area contributed by atoms with Crippen LogP contribution in [0, 0.1) is 0 Å². The van der Waals surface area contributed by atoms with E-state index in [9.17, 15) is 0 Å². The largest absolute Gasteiger partial charge is 0.372 e. The molecule has 4 nitrogen and oxygen atoms in total. The fourth-order valence-corrected chi connectivity index (χ4v) is 3.32. The molecule has 0 aliphatic carbocycles. The van der Waals surface area contributed by atoms with Gasteiger partial charge in [-0.2, -0.15) is 4.98 Å². The first-order valence-corrected chi connectivity index (χ1v) is 8.70. The van der Waals surface area contributed by atoms with E-state index in [-0.39, 0.29) is 0 Å². The summed E-state index contributed by atoms with van der Waals surface area (Å²) in [6.07, 6.45) is 1.59. The summed E-state index contributed by atoms with van der Waals surface area (Å²) in [5.41, 5.74) is 1.19. The highest BCUT2D eigenvalue weighted by molar-refractivity contribution is 7.99. The van der Waals surface area contributed by atoms with E-state index in [2.05, 4.69) is 44.9 Å². The number of nitrogens with zero attached hydrogens (tertiary/aromatic N) is 2. The summed E-state index contributed by atoms with van der Waals surface area (Å²) >= 11 is 7.76. The van der Waals surface area contributed by atoms with Crippen LogP contribution in [-0.4, -0.2) is 17.0 Å². The zero-order valence-corrected chi connectivity index (χ0v) is 14.7. The monoisotopic (exact) mass is 356 g/mol. The molecule has 122 valence electrons. The average Bonchev–Trinajstić information content (AvgIpc) is 2.63. The lowest BCUT2D eigenvalue weighted by Crippen LogP contribution is -2.06. The van der Waals surface area contributed by atoms with Gasteiger partial charge in [-0.3, -0.25) is 0 Å². The Kier molecular flexibility index (Phi) is 5.56. The van der Waals surface area contributed by atoms with Crippen molar-refractivity contribution in [2.45, 2.75) is 16.3 Å². The van der Waals surface area contributed by atoms with E-state index in [1.165, 1.54) is 15.4 Å². The summed E-state index contributed by atoms with van der Waals surface area (Å²) in [5, 5.41) is 6.71. The second kappa shape index (κ2) is 8.04. The normalized spacial score (nSPS) is 10.4. The van der Waals surface area contributed by atoms with Crippen LogP contribution in [-0.2, 0) is 6.54 Å². The van der Waals surface area contributed by atoms with Crippen molar-refractivity contribution < 1.29 is 0 Å². The van der Waals surface area contributed by atoms with Gasteiger partial charge in [0.15, 0.2) is 0 Å². The van der Waals surface area contributed by atoms with Gasteiger partial charge in [0.1, 0.15) is 10.8 Å². The van der Waals surface area contributed by atoms with Gasteiger partial charge >= 0.3 is 0 Å². The maximum atomic E-state index is 6.01. The van der Waals surface area contributed by atoms with Crippen LogP contribution in [0.1, 0.15) is 5.56 Å². The Labute approximate surface area is 150 Å². The lowest BCUT2D eigenvalue weighted by molar-refractivity contribution is 1.03. The molecule has 2 aromatic carbocycles. The first kappa shape index (κ1) is 16.6. The molecule has 0 amide bonds. The predicted molar refractivity (Wildman–Crippen MR) is 101 cm³/mol. The Balaban J connectivity index is 1.74. The van der Waals surface area contributed by atoms with Crippen LogP contribution in [0.4, 0.5) is 11.8 Å². The number of halogens is 1. The number of hydrogen-bond donors (Lipinski definition) is 2. The Morgan fingerprint density at radius 1 is 1.04 bits per heavy atom. The number of rotatable bonds is 6. The van der Waals surface area contributed by atoms with Crippen LogP contribution in [0.5, 0.6) is 0 Å². The van der Waals surface area contributed by atoms with Crippen LogP contribution in [0.2, 0.25) is 5.02 Å². The molecule has 0 saturated heterocycles. The second-order valence-corrected chi connectivity index (χ2v) is 6.54. The molecule has 3 aromatic rings. The summed E-state index contributed by atoms with van der Waals surface area (Å²) in [6, 6.07) is 18.6. The molecule has 24 heavy (non-hydrogen) atoms. The van der Waals surface area contributed by atoms with Crippen molar-refractivity contribution in [2.24, 2.45) is 0 Å². The highest BCUT2D eigenvalue weighted by Gasteiger charge is 2.06. The van der Waals surface area contributed by atoms with Crippen molar-refractivity contribution in [3.63, 3.8) is 0 Å². The predicted octanol–water partition coefficient (Wildman–Crippen LogP) is 4.94. The van der Waals surface area contributed by atoms with Gasteiger partial charge in [-0.25, -0.2) is 4.98 Å². The van der Waals surface area contributed by atoms with Gasteiger partial charge < -0.3 is 10.6 Å². The molecule has 1 aromatic heterocycles. The topological polar surface area (TPSA) is 49.8 Å². The lowest BCUT2D eigenvalue weighted by Gasteiger charge is -2.11. The molecular weight excluding hydrogens is 340 g/mol. The first-order valence-electron chi connectivity index (χ1n) is 7.51. The molecule has 0 bridgehead atoms. The van der Waals surface area contributed by atoms with Gasteiger partial charge in [0.25, 0.3) is 0 Å². The highest BCUT2D eigenvalue weighted by Crippen LogP contribution is 2.30. The quantitative estimate of drug-likeness (QED) is 0.655. The minimum absolute atomic E-state index is 0.503. The second-order valence-electron chi connectivity index (χ2n) is 5.02. The van der Waals surface area contributed by atoms with Crippen LogP contribution >= 0.6 is 23.4 Å². The molecule has 3 rings (SSSR count). The maximum absolute atomic E-state index is 6.01. The third-order valence-electron chi connectivity index (χ3n) is 3.36. The maximum Gasteiger partial charge on any atom is 0.224 e. The molecule has 6 heteroatoms. The van der Waals surface area contributed by atoms with Crippen molar-refractivity contribution in [2.75, 3.05) is 17.7 Å². The third kappa shape index (κ3) is 4.19. The van der Waals surface area contributed by atoms with Gasteiger partial charge in [-0.15, -0.1) is 0 Å². The van der Waals surface area contributed by atoms with Gasteiger partial charge in [0.2, 0.25) is 5.95 Å². The van der Waals surface area contributed by atoms with Crippen LogP contribution in [0.25, 0.3) is 0 Å². The lowest BCUT2D eigenvalue weighted by atomic mass is 10.2. The number of aromatic nitrogens is 2. The molecule has 0 spiro atoms. The summed E-state index contributed by atoms with van der Waals surface area (Å²) in [7, 11) is 1.78. The van der Waals surface area contributed by atoms with E-state index in [0.717, 1.165) is 0 Å². The van der Waals surface area contributed by atoms with Crippen molar-refractivity contribution in [3.8, 4) is 0 Å². The van der Waals surface area contributed by atoms with Gasteiger partial charge in [0.05, 0.1) is 6.20 Å². The molecule has 2 N–H and O–H groups in total. The van der Waals surface area contributed by atoms with Crippen molar-refractivity contribution in [3.05, 3.63) is 71.4 Å². The van der Waals surface area contributed by atoms with E-state index in [1.807, 2.05) is 30.3 Å². The number of anilines is 2. The van der Waals surface area contributed by atoms with Gasteiger partial charge in [-0.05, 0) is 23.8 Å². The van der Waals surface area contributed by atoms with Crippen LogP contribution < -0.4 is 10.6 Å². The fraction of sp³-hybridized carbons (Fsp3) is 0.111. The zero-order chi connectivity index (χ0) is 16.8. The van der Waals surface area contributed by atoms with E-state index in [1.54, 1.807) is 25.0 Å². The molecule has 0 radical (unpaired) electrons. The van der Waals surface area contributed by atoms with Gasteiger partial charge in [-0.1, -0.05) is 59.8 Å². The van der Waals surface area contributed by atoms with Crippen LogP contribution in [0.3, 0.4) is 0 Å². The Bertz CT molecular complexity index is 811. The minimum Gasteiger partial charge on any atom is -0.372 e. The standard InChI is InChI=1S/C18H17ClN4S/c1-20-17-15(19)12-22-18(23-17)21-11-13-7-5-6-10-16(13)24-14-8-3-2-4-9-14/h2-10,12H,11H2,1H3,(H2,20,21,22,23). The Hall–Kier alpha value is -2.24. The molecule has 0 saturated carbocycles. The number of hydrogen-bond acceptors (Lipinski definition) is 5. The first-order chi connectivity index (χ1) is 11.8. The highest BCUT2D eigenvalue weighted by atomic mass is 35.5. The Morgan fingerprint density at radius 3 is 2.58 bits per heavy atom. The van der Waals surface area contributed by atoms with E-state index < -0.39 is 0 Å². The summed E-state index contributed by atoms with van der Waals surface area (Å²) in [6.45, 7) is 0.640. The zero-order valence-electron chi connectivity index (χ0n) is 13.2. The fourth-order valence-electron chi connectivity index (χ4n) is 2.17. The average molecular weight is 357 g/mol. The van der Waals surface area contributed by atoms with E-state index in [4.69, 9.17) is 11.6 Å². The van der Waals surface area contributed by atoms with Crippen LogP contribution in [0.15, 0.2) is 70.6 Å². The molecule has 0 aliphatic rings. The van der Waals surface area contributed by atoms with E-state index in [0.29, 0.717) is 23.3 Å². The molecule has 0 aliphatic heterocycles. The summed E-state index contributed by atoms with van der Waals surface area (Å²) in [5.74, 6) is 1.16. The molecule has 0 fully saturated rings. The molecule has 0 atom stereocenters. The van der Waals surface area contributed by atoms with E-state index >= 15 is 0 Å². The molecule has 1 heterocycles. The summed E-state index contributed by atoms with van der Waals surface area (Å²) in [4.78, 5) is 11.0. The smallest absolute Gasteiger partial charge is 0.224 e. The number of nitrogens with one attached hydrogen (secondary N) is 2.